The number of anilines is 1. The Kier molecular flexibility index (Phi) is 6.34. The van der Waals surface area contributed by atoms with Crippen LogP contribution in [0.2, 0.25) is 0 Å². The normalized spacial score (nSPS) is 11.9. The molecule has 0 radical (unpaired) electrons. The Morgan fingerprint density at radius 1 is 1.28 bits per heavy atom. The number of rotatable bonds is 7. The molecule has 0 aliphatic carbocycles. The fourth-order valence-corrected chi connectivity index (χ4v) is 2.26. The lowest BCUT2D eigenvalue weighted by atomic mass is 10.1. The van der Waals surface area contributed by atoms with Gasteiger partial charge in [-0.15, -0.1) is 6.58 Å². The van der Waals surface area contributed by atoms with Crippen LogP contribution in [0.1, 0.15) is 23.6 Å². The summed E-state index contributed by atoms with van der Waals surface area (Å²) in [5.41, 5.74) is 5.81. The zero-order chi connectivity index (χ0) is 18.2. The number of carbonyl (C=O) groups excluding carboxylic acids is 1. The molecule has 0 heterocycles. The van der Waals surface area contributed by atoms with Gasteiger partial charge in [-0.05, 0) is 44.0 Å². The molecule has 1 atom stereocenters. The van der Waals surface area contributed by atoms with Crippen molar-refractivity contribution in [3.63, 3.8) is 0 Å². The number of amides is 1. The number of carbonyl (C=O) groups is 1. The summed E-state index contributed by atoms with van der Waals surface area (Å²) in [7, 11) is 0. The maximum absolute atomic E-state index is 12.1. The van der Waals surface area contributed by atoms with Crippen molar-refractivity contribution in [3.8, 4) is 5.75 Å². The number of phenolic OH excluding ortho intramolecular Hbond substituents is 1. The summed E-state index contributed by atoms with van der Waals surface area (Å²) in [6, 6.07) is 12.7. The first-order valence-electron chi connectivity index (χ1n) is 8.09. The van der Waals surface area contributed by atoms with Crippen molar-refractivity contribution in [2.75, 3.05) is 5.32 Å². The predicted octanol–water partition coefficient (Wildman–Crippen LogP) is 3.38. The van der Waals surface area contributed by atoms with Gasteiger partial charge in [0.05, 0.1) is 6.21 Å². The molecule has 2 aromatic rings. The van der Waals surface area contributed by atoms with Gasteiger partial charge in [0.25, 0.3) is 5.91 Å². The highest BCUT2D eigenvalue weighted by Gasteiger charge is 2.11. The van der Waals surface area contributed by atoms with E-state index in [1.165, 1.54) is 6.21 Å². The molecule has 25 heavy (non-hydrogen) atoms. The molecule has 1 amide bonds. The molecule has 5 heteroatoms. The van der Waals surface area contributed by atoms with Crippen LogP contribution < -0.4 is 10.7 Å². The lowest BCUT2D eigenvalue weighted by Gasteiger charge is -2.13. The van der Waals surface area contributed by atoms with Gasteiger partial charge in [-0.2, -0.15) is 5.10 Å². The van der Waals surface area contributed by atoms with Gasteiger partial charge in [-0.3, -0.25) is 4.79 Å². The van der Waals surface area contributed by atoms with E-state index >= 15 is 0 Å². The second-order valence-electron chi connectivity index (χ2n) is 5.81. The molecular weight excluding hydrogens is 314 g/mol. The van der Waals surface area contributed by atoms with E-state index in [1.54, 1.807) is 19.1 Å². The number of para-hydroxylation sites is 1. The number of phenols is 1. The molecular formula is C20H23N3O2. The average Bonchev–Trinajstić information content (AvgIpc) is 2.60. The van der Waals surface area contributed by atoms with E-state index in [0.29, 0.717) is 12.0 Å². The minimum atomic E-state index is -0.444. The number of nitrogens with zero attached hydrogens (tertiary/aromatic N) is 1. The highest BCUT2D eigenvalue weighted by atomic mass is 16.3. The van der Waals surface area contributed by atoms with Gasteiger partial charge in [-0.1, -0.05) is 35.9 Å². The highest BCUT2D eigenvalue weighted by molar-refractivity contribution is 5.88. The van der Waals surface area contributed by atoms with Crippen LogP contribution in [0.15, 0.2) is 60.2 Å². The smallest absolute Gasteiger partial charge is 0.262 e. The SMILES string of the molecule is C=CCc1cccc(/C=N/NC(=O)[C@H](C)Nc2ccc(C)cc2)c1O. The molecule has 0 aliphatic heterocycles. The van der Waals surface area contributed by atoms with Crippen molar-refractivity contribution in [1.29, 1.82) is 0 Å². The molecule has 0 unspecified atom stereocenters. The summed E-state index contributed by atoms with van der Waals surface area (Å²) < 4.78 is 0. The van der Waals surface area contributed by atoms with Crippen molar-refractivity contribution in [2.24, 2.45) is 5.10 Å². The lowest BCUT2D eigenvalue weighted by molar-refractivity contribution is -0.121. The van der Waals surface area contributed by atoms with Crippen LogP contribution in [0.3, 0.4) is 0 Å². The first kappa shape index (κ1) is 18.3. The molecule has 130 valence electrons. The number of nitrogens with one attached hydrogen (secondary N) is 2. The van der Waals surface area contributed by atoms with Crippen LogP contribution in [-0.2, 0) is 11.2 Å². The second-order valence-corrected chi connectivity index (χ2v) is 5.81. The molecule has 3 N–H and O–H groups in total. The predicted molar refractivity (Wildman–Crippen MR) is 102 cm³/mol. The van der Waals surface area contributed by atoms with Crippen LogP contribution in [0.25, 0.3) is 0 Å². The molecule has 0 fully saturated rings. The topological polar surface area (TPSA) is 73.7 Å². The standard InChI is InChI=1S/C20H23N3O2/c1-4-6-16-7-5-8-17(19(16)24)13-21-23-20(25)15(3)22-18-11-9-14(2)10-12-18/h4-5,7-13,15,22,24H,1,6H2,2-3H3,(H,23,25)/b21-13+/t15-/m0/s1. The number of aromatic hydroxyl groups is 1. The average molecular weight is 337 g/mol. The number of hydrazone groups is 1. The Hall–Kier alpha value is -3.08. The number of hydrogen-bond donors (Lipinski definition) is 3. The Balaban J connectivity index is 1.94. The molecule has 0 aliphatic rings. The van der Waals surface area contributed by atoms with Gasteiger partial charge in [-0.25, -0.2) is 5.43 Å². The lowest BCUT2D eigenvalue weighted by Crippen LogP contribution is -2.34. The third-order valence-electron chi connectivity index (χ3n) is 3.72. The van der Waals surface area contributed by atoms with Gasteiger partial charge >= 0.3 is 0 Å². The van der Waals surface area contributed by atoms with E-state index < -0.39 is 6.04 Å². The van der Waals surface area contributed by atoms with E-state index in [9.17, 15) is 9.90 Å². The highest BCUT2D eigenvalue weighted by Crippen LogP contribution is 2.21. The summed E-state index contributed by atoms with van der Waals surface area (Å²) in [5, 5.41) is 17.2. The van der Waals surface area contributed by atoms with Gasteiger partial charge in [0.2, 0.25) is 0 Å². The maximum atomic E-state index is 12.1. The molecule has 2 aromatic carbocycles. The van der Waals surface area contributed by atoms with E-state index in [-0.39, 0.29) is 11.7 Å². The van der Waals surface area contributed by atoms with Gasteiger partial charge < -0.3 is 10.4 Å². The first-order valence-corrected chi connectivity index (χ1v) is 8.09. The van der Waals surface area contributed by atoms with Crippen LogP contribution in [0.4, 0.5) is 5.69 Å². The Labute approximate surface area is 148 Å². The molecule has 2 rings (SSSR count). The zero-order valence-electron chi connectivity index (χ0n) is 14.5. The number of aryl methyl sites for hydroxylation is 1. The number of allylic oxidation sites excluding steroid dienone is 1. The van der Waals surface area contributed by atoms with E-state index in [0.717, 1.165) is 16.8 Å². The molecule has 5 nitrogen and oxygen atoms in total. The van der Waals surface area contributed by atoms with Gasteiger partial charge in [0.15, 0.2) is 0 Å². The van der Waals surface area contributed by atoms with Crippen LogP contribution in [0, 0.1) is 6.92 Å². The van der Waals surface area contributed by atoms with Crippen LogP contribution in [-0.4, -0.2) is 23.3 Å². The monoisotopic (exact) mass is 337 g/mol. The fourth-order valence-electron chi connectivity index (χ4n) is 2.26. The van der Waals surface area contributed by atoms with Crippen LogP contribution >= 0.6 is 0 Å². The fraction of sp³-hybridized carbons (Fsp3) is 0.200. The quantitative estimate of drug-likeness (QED) is 0.412. The summed E-state index contributed by atoms with van der Waals surface area (Å²) in [6.07, 6.45) is 3.71. The molecule has 0 saturated carbocycles. The number of benzene rings is 2. The largest absolute Gasteiger partial charge is 0.507 e. The van der Waals surface area contributed by atoms with Crippen LogP contribution in [0.5, 0.6) is 5.75 Å². The third kappa shape index (κ3) is 5.21. The number of hydrogen-bond acceptors (Lipinski definition) is 4. The Bertz CT molecular complexity index is 767. The van der Waals surface area contributed by atoms with Gasteiger partial charge in [0.1, 0.15) is 11.8 Å². The Morgan fingerprint density at radius 3 is 2.68 bits per heavy atom. The van der Waals surface area contributed by atoms with E-state index in [1.807, 2.05) is 43.3 Å². The zero-order valence-corrected chi connectivity index (χ0v) is 14.5. The van der Waals surface area contributed by atoms with Crippen molar-refractivity contribution in [2.45, 2.75) is 26.3 Å². The van der Waals surface area contributed by atoms with Gasteiger partial charge in [0, 0.05) is 11.3 Å². The maximum Gasteiger partial charge on any atom is 0.262 e. The first-order chi connectivity index (χ1) is 12.0. The minimum absolute atomic E-state index is 0.145. The second kappa shape index (κ2) is 8.68. The van der Waals surface area contributed by atoms with Crippen molar-refractivity contribution in [1.82, 2.24) is 5.43 Å². The molecule has 0 bridgehead atoms. The van der Waals surface area contributed by atoms with Crippen molar-refractivity contribution in [3.05, 3.63) is 71.8 Å². The Morgan fingerprint density at radius 2 is 2.00 bits per heavy atom. The van der Waals surface area contributed by atoms with E-state index in [2.05, 4.69) is 22.4 Å². The molecule has 0 spiro atoms. The summed E-state index contributed by atoms with van der Waals surface area (Å²) in [6.45, 7) is 7.43. The van der Waals surface area contributed by atoms with Crippen molar-refractivity contribution >= 4 is 17.8 Å². The van der Waals surface area contributed by atoms with Crippen molar-refractivity contribution < 1.29 is 9.90 Å². The summed E-state index contributed by atoms with van der Waals surface area (Å²) >= 11 is 0. The molecule has 0 saturated heterocycles. The molecule has 0 aromatic heterocycles. The summed E-state index contributed by atoms with van der Waals surface area (Å²) in [4.78, 5) is 12.1. The van der Waals surface area contributed by atoms with E-state index in [4.69, 9.17) is 0 Å². The summed E-state index contributed by atoms with van der Waals surface area (Å²) in [5.74, 6) is -0.121. The third-order valence-corrected chi connectivity index (χ3v) is 3.72. The minimum Gasteiger partial charge on any atom is -0.507 e.